The van der Waals surface area contributed by atoms with Gasteiger partial charge < -0.3 is 10.2 Å². The van der Waals surface area contributed by atoms with Crippen LogP contribution >= 0.6 is 0 Å². The minimum Gasteiger partial charge on any atom is -0.372 e. The zero-order chi connectivity index (χ0) is 12.5. The van der Waals surface area contributed by atoms with E-state index in [0.717, 1.165) is 24.9 Å². The highest BCUT2D eigenvalue weighted by Gasteiger charge is 2.38. The number of anilines is 1. The normalized spacial score (nSPS) is 26.2. The van der Waals surface area contributed by atoms with Crippen LogP contribution in [0.15, 0.2) is 18.3 Å². The van der Waals surface area contributed by atoms with Gasteiger partial charge in [-0.2, -0.15) is 0 Å². The van der Waals surface area contributed by atoms with Crippen molar-refractivity contribution in [2.75, 3.05) is 25.5 Å². The Kier molecular flexibility index (Phi) is 2.94. The third-order valence-corrected chi connectivity index (χ3v) is 4.29. The number of hydrogen-bond donors (Lipinski definition) is 1. The van der Waals surface area contributed by atoms with Crippen molar-refractivity contribution in [3.05, 3.63) is 23.9 Å². The quantitative estimate of drug-likeness (QED) is 0.866. The fourth-order valence-corrected chi connectivity index (χ4v) is 3.35. The van der Waals surface area contributed by atoms with Gasteiger partial charge in [-0.25, -0.2) is 4.98 Å². The fourth-order valence-electron chi connectivity index (χ4n) is 3.35. The van der Waals surface area contributed by atoms with Crippen LogP contribution < -0.4 is 5.32 Å². The summed E-state index contributed by atoms with van der Waals surface area (Å²) in [6.45, 7) is 1.86. The van der Waals surface area contributed by atoms with Gasteiger partial charge in [-0.15, -0.1) is 0 Å². The number of pyridine rings is 1. The van der Waals surface area contributed by atoms with Crippen LogP contribution in [0.4, 0.5) is 5.82 Å². The second kappa shape index (κ2) is 4.59. The highest BCUT2D eigenvalue weighted by molar-refractivity contribution is 5.98. The van der Waals surface area contributed by atoms with Crippen LogP contribution in [0.25, 0.3) is 0 Å². The summed E-state index contributed by atoms with van der Waals surface area (Å²) in [6, 6.07) is 3.68. The molecule has 2 aliphatic rings. The molecule has 1 saturated carbocycles. The summed E-state index contributed by atoms with van der Waals surface area (Å²) in [5.41, 5.74) is 0.694. The molecule has 1 aromatic heterocycles. The van der Waals surface area contributed by atoms with Crippen LogP contribution in [-0.4, -0.2) is 35.9 Å². The Labute approximate surface area is 107 Å². The zero-order valence-electron chi connectivity index (χ0n) is 10.7. The molecule has 0 spiro atoms. The van der Waals surface area contributed by atoms with E-state index in [1.807, 2.05) is 17.0 Å². The van der Waals surface area contributed by atoms with E-state index < -0.39 is 0 Å². The van der Waals surface area contributed by atoms with Crippen molar-refractivity contribution < 1.29 is 4.79 Å². The van der Waals surface area contributed by atoms with Crippen molar-refractivity contribution in [2.24, 2.45) is 11.8 Å². The average Bonchev–Trinajstić information content (AvgIpc) is 2.98. The van der Waals surface area contributed by atoms with Crippen molar-refractivity contribution in [3.8, 4) is 0 Å². The topological polar surface area (TPSA) is 45.2 Å². The van der Waals surface area contributed by atoms with Gasteiger partial charge in [0.1, 0.15) is 5.82 Å². The minimum atomic E-state index is 0.127. The van der Waals surface area contributed by atoms with Gasteiger partial charge in [0, 0.05) is 26.3 Å². The number of carbonyl (C=O) groups excluding carboxylic acids is 1. The van der Waals surface area contributed by atoms with E-state index in [1.54, 1.807) is 13.2 Å². The van der Waals surface area contributed by atoms with Crippen molar-refractivity contribution in [1.82, 2.24) is 9.88 Å². The molecule has 2 unspecified atom stereocenters. The summed E-state index contributed by atoms with van der Waals surface area (Å²) < 4.78 is 0. The van der Waals surface area contributed by atoms with E-state index in [1.165, 1.54) is 19.3 Å². The van der Waals surface area contributed by atoms with Gasteiger partial charge in [-0.1, -0.05) is 6.42 Å². The van der Waals surface area contributed by atoms with Gasteiger partial charge >= 0.3 is 0 Å². The maximum Gasteiger partial charge on any atom is 0.257 e. The molecule has 1 aliphatic carbocycles. The standard InChI is InChI=1S/C14H19N3O/c1-15-13-12(6-3-7-16-13)14(18)17-8-10-4-2-5-11(10)9-17/h3,6-7,10-11H,2,4-5,8-9H2,1H3,(H,15,16). The first kappa shape index (κ1) is 11.5. The molecule has 1 aromatic rings. The average molecular weight is 245 g/mol. The maximum atomic E-state index is 12.5. The van der Waals surface area contributed by atoms with Crippen LogP contribution in [0.5, 0.6) is 0 Å². The molecule has 0 aromatic carbocycles. The lowest BCUT2D eigenvalue weighted by Gasteiger charge is -2.18. The van der Waals surface area contributed by atoms with Crippen LogP contribution in [0.1, 0.15) is 29.6 Å². The maximum absolute atomic E-state index is 12.5. The van der Waals surface area contributed by atoms with E-state index in [9.17, 15) is 4.79 Å². The smallest absolute Gasteiger partial charge is 0.257 e. The van der Waals surface area contributed by atoms with Gasteiger partial charge in [0.05, 0.1) is 5.56 Å². The minimum absolute atomic E-state index is 0.127. The number of likely N-dealkylation sites (tertiary alicyclic amines) is 1. The molecular formula is C14H19N3O. The Morgan fingerprint density at radius 3 is 2.78 bits per heavy atom. The summed E-state index contributed by atoms with van der Waals surface area (Å²) in [5, 5.41) is 2.99. The first-order valence-corrected chi connectivity index (χ1v) is 6.71. The molecule has 0 radical (unpaired) electrons. The molecule has 0 bridgehead atoms. The summed E-state index contributed by atoms with van der Waals surface area (Å²) >= 11 is 0. The Hall–Kier alpha value is -1.58. The number of rotatable bonds is 2. The van der Waals surface area contributed by atoms with Gasteiger partial charge in [-0.05, 0) is 36.8 Å². The fraction of sp³-hybridized carbons (Fsp3) is 0.571. The zero-order valence-corrected chi connectivity index (χ0v) is 10.7. The molecule has 1 saturated heterocycles. The monoisotopic (exact) mass is 245 g/mol. The third kappa shape index (κ3) is 1.85. The van der Waals surface area contributed by atoms with Gasteiger partial charge in [0.15, 0.2) is 0 Å². The van der Waals surface area contributed by atoms with Gasteiger partial charge in [-0.3, -0.25) is 4.79 Å². The number of nitrogens with zero attached hydrogens (tertiary/aromatic N) is 2. The van der Waals surface area contributed by atoms with Crippen LogP contribution in [0.2, 0.25) is 0 Å². The van der Waals surface area contributed by atoms with E-state index >= 15 is 0 Å². The Morgan fingerprint density at radius 1 is 1.39 bits per heavy atom. The molecule has 2 atom stereocenters. The second-order valence-corrected chi connectivity index (χ2v) is 5.31. The Balaban J connectivity index is 1.79. The molecule has 2 heterocycles. The third-order valence-electron chi connectivity index (χ3n) is 4.29. The predicted octanol–water partition coefficient (Wildman–Crippen LogP) is 2.00. The van der Waals surface area contributed by atoms with Gasteiger partial charge in [0.25, 0.3) is 5.91 Å². The number of carbonyl (C=O) groups is 1. The van der Waals surface area contributed by atoms with Crippen molar-refractivity contribution >= 4 is 11.7 Å². The molecular weight excluding hydrogens is 226 g/mol. The number of hydrogen-bond acceptors (Lipinski definition) is 3. The molecule has 18 heavy (non-hydrogen) atoms. The van der Waals surface area contributed by atoms with E-state index in [-0.39, 0.29) is 5.91 Å². The second-order valence-electron chi connectivity index (χ2n) is 5.31. The van der Waals surface area contributed by atoms with Crippen molar-refractivity contribution in [3.63, 3.8) is 0 Å². The predicted molar refractivity (Wildman–Crippen MR) is 70.5 cm³/mol. The lowest BCUT2D eigenvalue weighted by Crippen LogP contribution is -2.30. The molecule has 1 amide bonds. The van der Waals surface area contributed by atoms with E-state index in [4.69, 9.17) is 0 Å². The number of amides is 1. The van der Waals surface area contributed by atoms with Crippen LogP contribution in [-0.2, 0) is 0 Å². The summed E-state index contributed by atoms with van der Waals surface area (Å²) in [7, 11) is 1.80. The molecule has 2 fully saturated rings. The molecule has 4 heteroatoms. The molecule has 1 aliphatic heterocycles. The highest BCUT2D eigenvalue weighted by atomic mass is 16.2. The summed E-state index contributed by atoms with van der Waals surface area (Å²) in [5.74, 6) is 2.29. The first-order valence-electron chi connectivity index (χ1n) is 6.71. The lowest BCUT2D eigenvalue weighted by atomic mass is 10.0. The number of nitrogens with one attached hydrogen (secondary N) is 1. The highest BCUT2D eigenvalue weighted by Crippen LogP contribution is 2.38. The van der Waals surface area contributed by atoms with Crippen molar-refractivity contribution in [2.45, 2.75) is 19.3 Å². The molecule has 4 nitrogen and oxygen atoms in total. The molecule has 3 rings (SSSR count). The van der Waals surface area contributed by atoms with Crippen LogP contribution in [0, 0.1) is 11.8 Å². The number of aromatic nitrogens is 1. The molecule has 96 valence electrons. The largest absolute Gasteiger partial charge is 0.372 e. The summed E-state index contributed by atoms with van der Waals surface area (Å²) in [6.07, 6.45) is 5.63. The van der Waals surface area contributed by atoms with E-state index in [2.05, 4.69) is 10.3 Å². The SMILES string of the molecule is CNc1ncccc1C(=O)N1CC2CCCC2C1. The van der Waals surface area contributed by atoms with Crippen molar-refractivity contribution in [1.29, 1.82) is 0 Å². The Bertz CT molecular complexity index is 448. The first-order chi connectivity index (χ1) is 8.79. The number of fused-ring (bicyclic) bond motifs is 1. The van der Waals surface area contributed by atoms with E-state index in [0.29, 0.717) is 11.4 Å². The molecule has 1 N–H and O–H groups in total. The summed E-state index contributed by atoms with van der Waals surface area (Å²) in [4.78, 5) is 18.7. The van der Waals surface area contributed by atoms with Crippen LogP contribution in [0.3, 0.4) is 0 Å². The lowest BCUT2D eigenvalue weighted by molar-refractivity contribution is 0.0781. The van der Waals surface area contributed by atoms with Gasteiger partial charge in [0.2, 0.25) is 0 Å². The Morgan fingerprint density at radius 2 is 2.11 bits per heavy atom.